The van der Waals surface area contributed by atoms with E-state index >= 15 is 0 Å². The van der Waals surface area contributed by atoms with Gasteiger partial charge in [-0.05, 0) is 13.5 Å². The second-order valence-corrected chi connectivity index (χ2v) is 3.88. The van der Waals surface area contributed by atoms with Crippen LogP contribution < -0.4 is 0 Å². The molecular formula is C9H16F5NO2. The summed E-state index contributed by atoms with van der Waals surface area (Å²) < 4.78 is 60.3. The number of halogens is 5. The number of rotatable bonds is 7. The molecule has 0 radical (unpaired) electrons. The molecular weight excluding hydrogens is 249 g/mol. The number of likely N-dealkylation sites (N-methyl/N-ethyl adjacent to an activating group) is 1. The van der Waals surface area contributed by atoms with Gasteiger partial charge in [-0.2, -0.15) is 22.0 Å². The zero-order valence-corrected chi connectivity index (χ0v) is 9.34. The van der Waals surface area contributed by atoms with E-state index in [0.29, 0.717) is 0 Å². The molecule has 104 valence electrons. The molecule has 1 unspecified atom stereocenters. The topological polar surface area (TPSA) is 43.7 Å². The highest BCUT2D eigenvalue weighted by Gasteiger charge is 2.56. The average molecular weight is 265 g/mol. The van der Waals surface area contributed by atoms with Gasteiger partial charge in [0.1, 0.15) is 0 Å². The molecule has 0 aromatic carbocycles. The zero-order chi connectivity index (χ0) is 13.7. The third-order valence-electron chi connectivity index (χ3n) is 2.21. The van der Waals surface area contributed by atoms with Crippen LogP contribution in [0.5, 0.6) is 0 Å². The number of nitrogens with zero attached hydrogens (tertiary/aromatic N) is 1. The second kappa shape index (κ2) is 6.46. The molecule has 17 heavy (non-hydrogen) atoms. The van der Waals surface area contributed by atoms with Crippen LogP contribution in [0.3, 0.4) is 0 Å². The Bertz CT molecular complexity index is 222. The van der Waals surface area contributed by atoms with E-state index in [2.05, 4.69) is 0 Å². The molecule has 0 saturated carbocycles. The van der Waals surface area contributed by atoms with E-state index in [0.717, 1.165) is 0 Å². The molecule has 0 saturated heterocycles. The SMILES string of the molecule is CN(CCO)CC(O)CCC(F)(F)C(F)(F)F. The number of aliphatic hydroxyl groups excluding tert-OH is 2. The summed E-state index contributed by atoms with van der Waals surface area (Å²) in [7, 11) is 1.52. The summed E-state index contributed by atoms with van der Waals surface area (Å²) in [4.78, 5) is 1.44. The van der Waals surface area contributed by atoms with Gasteiger partial charge in [-0.25, -0.2) is 0 Å². The Labute approximate surface area is 95.8 Å². The van der Waals surface area contributed by atoms with Gasteiger partial charge in [0.2, 0.25) is 0 Å². The molecule has 3 nitrogen and oxygen atoms in total. The molecule has 0 amide bonds. The van der Waals surface area contributed by atoms with Crippen molar-refractivity contribution in [1.82, 2.24) is 4.90 Å². The number of alkyl halides is 5. The quantitative estimate of drug-likeness (QED) is 0.681. The maximum Gasteiger partial charge on any atom is 0.453 e. The molecule has 0 aliphatic rings. The van der Waals surface area contributed by atoms with Crippen LogP contribution in [0, 0.1) is 0 Å². The van der Waals surface area contributed by atoms with Gasteiger partial charge in [0.05, 0.1) is 12.7 Å². The van der Waals surface area contributed by atoms with Crippen molar-refractivity contribution in [2.45, 2.75) is 31.0 Å². The second-order valence-electron chi connectivity index (χ2n) is 3.88. The Morgan fingerprint density at radius 2 is 1.71 bits per heavy atom. The van der Waals surface area contributed by atoms with Gasteiger partial charge in [-0.3, -0.25) is 0 Å². The maximum absolute atomic E-state index is 12.5. The van der Waals surface area contributed by atoms with Crippen molar-refractivity contribution in [3.8, 4) is 0 Å². The first-order valence-corrected chi connectivity index (χ1v) is 5.02. The van der Waals surface area contributed by atoms with Gasteiger partial charge in [0, 0.05) is 19.5 Å². The third kappa shape index (κ3) is 6.13. The minimum atomic E-state index is -5.58. The van der Waals surface area contributed by atoms with Crippen LogP contribution in [0.25, 0.3) is 0 Å². The Morgan fingerprint density at radius 3 is 2.12 bits per heavy atom. The monoisotopic (exact) mass is 265 g/mol. The van der Waals surface area contributed by atoms with E-state index in [1.807, 2.05) is 0 Å². The Balaban J connectivity index is 4.03. The van der Waals surface area contributed by atoms with Crippen LogP contribution >= 0.6 is 0 Å². The molecule has 0 aliphatic heterocycles. The molecule has 0 aromatic rings. The van der Waals surface area contributed by atoms with Crippen LogP contribution in [0.1, 0.15) is 12.8 Å². The fraction of sp³-hybridized carbons (Fsp3) is 1.00. The normalized spacial score (nSPS) is 15.4. The van der Waals surface area contributed by atoms with Gasteiger partial charge < -0.3 is 15.1 Å². The Hall–Kier alpha value is -0.470. The lowest BCUT2D eigenvalue weighted by atomic mass is 10.1. The van der Waals surface area contributed by atoms with Gasteiger partial charge >= 0.3 is 12.1 Å². The standard InChI is InChI=1S/C9H16F5NO2/c1-15(4-5-16)6-7(17)2-3-8(10,11)9(12,13)14/h7,16-17H,2-6H2,1H3. The van der Waals surface area contributed by atoms with Crippen LogP contribution in [-0.2, 0) is 0 Å². The first kappa shape index (κ1) is 16.5. The van der Waals surface area contributed by atoms with Crippen LogP contribution in [0.4, 0.5) is 22.0 Å². The predicted octanol–water partition coefficient (Wildman–Crippen LogP) is 1.25. The van der Waals surface area contributed by atoms with Crippen molar-refractivity contribution in [3.63, 3.8) is 0 Å². The summed E-state index contributed by atoms with van der Waals surface area (Å²) in [5.74, 6) is -4.77. The highest BCUT2D eigenvalue weighted by atomic mass is 19.4. The minimum Gasteiger partial charge on any atom is -0.395 e. The van der Waals surface area contributed by atoms with Crippen molar-refractivity contribution >= 4 is 0 Å². The molecule has 8 heteroatoms. The van der Waals surface area contributed by atoms with E-state index < -0.39 is 31.0 Å². The lowest BCUT2D eigenvalue weighted by molar-refractivity contribution is -0.285. The number of hydrogen-bond acceptors (Lipinski definition) is 3. The Kier molecular flexibility index (Phi) is 6.28. The lowest BCUT2D eigenvalue weighted by Gasteiger charge is -2.23. The van der Waals surface area contributed by atoms with Crippen molar-refractivity contribution in [2.24, 2.45) is 0 Å². The predicted molar refractivity (Wildman–Crippen MR) is 50.8 cm³/mol. The fourth-order valence-corrected chi connectivity index (χ4v) is 1.20. The van der Waals surface area contributed by atoms with Crippen LogP contribution in [-0.4, -0.2) is 60.1 Å². The van der Waals surface area contributed by atoms with Crippen molar-refractivity contribution in [2.75, 3.05) is 26.7 Å². The molecule has 0 bridgehead atoms. The summed E-state index contributed by atoms with van der Waals surface area (Å²) in [6.45, 7) is -0.0247. The van der Waals surface area contributed by atoms with Crippen molar-refractivity contribution in [3.05, 3.63) is 0 Å². The Morgan fingerprint density at radius 1 is 1.18 bits per heavy atom. The lowest BCUT2D eigenvalue weighted by Crippen LogP contribution is -2.38. The summed E-state index contributed by atoms with van der Waals surface area (Å²) in [6.07, 6.45) is -8.95. The molecule has 0 aliphatic carbocycles. The van der Waals surface area contributed by atoms with Gasteiger partial charge in [-0.15, -0.1) is 0 Å². The van der Waals surface area contributed by atoms with Gasteiger partial charge in [0.25, 0.3) is 0 Å². The first-order chi connectivity index (χ1) is 7.60. The van der Waals surface area contributed by atoms with Gasteiger partial charge in [-0.1, -0.05) is 0 Å². The first-order valence-electron chi connectivity index (χ1n) is 5.02. The molecule has 0 fully saturated rings. The zero-order valence-electron chi connectivity index (χ0n) is 9.34. The van der Waals surface area contributed by atoms with Crippen LogP contribution in [0.15, 0.2) is 0 Å². The van der Waals surface area contributed by atoms with E-state index in [9.17, 15) is 27.1 Å². The smallest absolute Gasteiger partial charge is 0.395 e. The fourth-order valence-electron chi connectivity index (χ4n) is 1.20. The largest absolute Gasteiger partial charge is 0.453 e. The summed E-state index contributed by atoms with van der Waals surface area (Å²) in [5.41, 5.74) is 0. The summed E-state index contributed by atoms with van der Waals surface area (Å²) in [5, 5.41) is 17.8. The number of aliphatic hydroxyl groups is 2. The van der Waals surface area contributed by atoms with E-state index in [-0.39, 0.29) is 19.7 Å². The minimum absolute atomic E-state index is 0.0610. The van der Waals surface area contributed by atoms with E-state index in [1.54, 1.807) is 0 Å². The number of hydrogen-bond donors (Lipinski definition) is 2. The van der Waals surface area contributed by atoms with Crippen LogP contribution in [0.2, 0.25) is 0 Å². The van der Waals surface area contributed by atoms with E-state index in [4.69, 9.17) is 5.11 Å². The highest BCUT2D eigenvalue weighted by Crippen LogP contribution is 2.39. The average Bonchev–Trinajstić information content (AvgIpc) is 2.13. The molecule has 0 spiro atoms. The molecule has 0 rings (SSSR count). The maximum atomic E-state index is 12.5. The molecule has 0 heterocycles. The third-order valence-corrected chi connectivity index (χ3v) is 2.21. The van der Waals surface area contributed by atoms with Crippen molar-refractivity contribution < 1.29 is 32.2 Å². The van der Waals surface area contributed by atoms with Gasteiger partial charge in [0.15, 0.2) is 0 Å². The molecule has 1 atom stereocenters. The summed E-state index contributed by atoms with van der Waals surface area (Å²) in [6, 6.07) is 0. The molecule has 2 N–H and O–H groups in total. The molecule has 0 aromatic heterocycles. The highest BCUT2D eigenvalue weighted by molar-refractivity contribution is 4.77. The summed E-state index contributed by atoms with van der Waals surface area (Å²) >= 11 is 0. The van der Waals surface area contributed by atoms with Crippen molar-refractivity contribution in [1.29, 1.82) is 0 Å². The van der Waals surface area contributed by atoms with E-state index in [1.165, 1.54) is 11.9 Å².